The molecule has 1 atom stereocenters. The Morgan fingerprint density at radius 2 is 2.24 bits per heavy atom. The molecule has 0 bridgehead atoms. The molecule has 1 aromatic heterocycles. The first-order chi connectivity index (χ1) is 7.84. The Hall–Kier alpha value is -0.830. The maximum Gasteiger partial charge on any atom is 0.399 e. The Kier molecular flexibility index (Phi) is 4.75. The number of nitrogens with zero attached hydrogens (tertiary/aromatic N) is 2. The molecular formula is C8H11F3N4S2. The molecule has 0 aliphatic rings. The fourth-order valence-corrected chi connectivity index (χ4v) is 2.83. The van der Waals surface area contributed by atoms with Crippen LogP contribution in [-0.4, -0.2) is 27.1 Å². The van der Waals surface area contributed by atoms with Crippen molar-refractivity contribution in [3.05, 3.63) is 5.82 Å². The van der Waals surface area contributed by atoms with Crippen molar-refractivity contribution in [1.82, 2.24) is 9.36 Å². The minimum Gasteiger partial charge on any atom is -0.387 e. The second-order valence-corrected chi connectivity index (χ2v) is 5.21. The van der Waals surface area contributed by atoms with E-state index in [1.54, 1.807) is 0 Å². The molecule has 0 aromatic carbocycles. The number of nitrogens with two attached hydrogens (primary N) is 1. The summed E-state index contributed by atoms with van der Waals surface area (Å²) in [6.07, 6.45) is -3.84. The number of alkyl halides is 3. The number of halogens is 3. The standard InChI is InChI=1S/C8H11F3N4S2/c1-2-5-14-7(17-15-5)16-3-4(6(12)13)8(9,10)11/h4H,2-3H2,1H3,(H3,12,13). The summed E-state index contributed by atoms with van der Waals surface area (Å²) in [6, 6.07) is 0. The molecule has 0 fully saturated rings. The molecule has 1 unspecified atom stereocenters. The number of thioether (sulfide) groups is 1. The molecule has 0 amide bonds. The molecule has 0 aliphatic carbocycles. The third-order valence-corrected chi connectivity index (χ3v) is 3.87. The second-order valence-electron chi connectivity index (χ2n) is 3.19. The van der Waals surface area contributed by atoms with Gasteiger partial charge in [-0.1, -0.05) is 18.7 Å². The number of nitrogens with one attached hydrogen (secondary N) is 1. The van der Waals surface area contributed by atoms with Gasteiger partial charge in [-0.15, -0.1) is 0 Å². The Labute approximate surface area is 104 Å². The third kappa shape index (κ3) is 4.15. The van der Waals surface area contributed by atoms with Crippen molar-refractivity contribution >= 4 is 29.1 Å². The first-order valence-corrected chi connectivity index (χ1v) is 6.46. The van der Waals surface area contributed by atoms with Gasteiger partial charge in [0.25, 0.3) is 0 Å². The average molecular weight is 284 g/mol. The lowest BCUT2D eigenvalue weighted by atomic mass is 10.1. The second kappa shape index (κ2) is 5.67. The summed E-state index contributed by atoms with van der Waals surface area (Å²) in [5.74, 6) is -2.52. The van der Waals surface area contributed by atoms with Gasteiger partial charge in [-0.3, -0.25) is 5.41 Å². The highest BCUT2D eigenvalue weighted by atomic mass is 32.2. The van der Waals surface area contributed by atoms with Gasteiger partial charge in [0.15, 0.2) is 4.34 Å². The van der Waals surface area contributed by atoms with Crippen LogP contribution in [0.3, 0.4) is 0 Å². The SMILES string of the molecule is CCc1nsc(SCC(C(=N)N)C(F)(F)F)n1. The smallest absolute Gasteiger partial charge is 0.387 e. The minimum absolute atomic E-state index is 0.336. The van der Waals surface area contributed by atoms with Crippen molar-refractivity contribution in [3.8, 4) is 0 Å². The predicted molar refractivity (Wildman–Crippen MR) is 61.5 cm³/mol. The fraction of sp³-hybridized carbons (Fsp3) is 0.625. The van der Waals surface area contributed by atoms with E-state index in [1.165, 1.54) is 0 Å². The van der Waals surface area contributed by atoms with Crippen molar-refractivity contribution in [2.75, 3.05) is 5.75 Å². The first-order valence-electron chi connectivity index (χ1n) is 4.70. The molecule has 0 saturated carbocycles. The van der Waals surface area contributed by atoms with Crippen molar-refractivity contribution in [2.24, 2.45) is 11.7 Å². The summed E-state index contributed by atoms with van der Waals surface area (Å²) in [4.78, 5) is 4.03. The quantitative estimate of drug-likeness (QED) is 0.494. The van der Waals surface area contributed by atoms with Crippen LogP contribution in [0.2, 0.25) is 0 Å². The zero-order chi connectivity index (χ0) is 13.1. The average Bonchev–Trinajstić information content (AvgIpc) is 2.63. The van der Waals surface area contributed by atoms with Crippen LogP contribution in [0.1, 0.15) is 12.7 Å². The highest BCUT2D eigenvalue weighted by Gasteiger charge is 2.41. The van der Waals surface area contributed by atoms with Crippen LogP contribution in [0.4, 0.5) is 13.2 Å². The molecular weight excluding hydrogens is 273 g/mol. The molecule has 1 heterocycles. The highest BCUT2D eigenvalue weighted by molar-refractivity contribution is 8.00. The minimum atomic E-state index is -4.49. The summed E-state index contributed by atoms with van der Waals surface area (Å²) in [7, 11) is 0. The molecule has 0 spiro atoms. The summed E-state index contributed by atoms with van der Waals surface area (Å²) < 4.78 is 41.9. The van der Waals surface area contributed by atoms with Crippen molar-refractivity contribution in [1.29, 1.82) is 5.41 Å². The molecule has 0 aliphatic heterocycles. The molecule has 0 saturated heterocycles. The Morgan fingerprint density at radius 3 is 2.65 bits per heavy atom. The van der Waals surface area contributed by atoms with Crippen LogP contribution < -0.4 is 5.73 Å². The molecule has 3 N–H and O–H groups in total. The number of amidine groups is 1. The molecule has 4 nitrogen and oxygen atoms in total. The Bertz CT molecular complexity index is 390. The lowest BCUT2D eigenvalue weighted by Crippen LogP contribution is -2.36. The highest BCUT2D eigenvalue weighted by Crippen LogP contribution is 2.32. The van der Waals surface area contributed by atoms with Crippen molar-refractivity contribution in [2.45, 2.75) is 23.9 Å². The van der Waals surface area contributed by atoms with E-state index in [9.17, 15) is 13.2 Å². The van der Waals surface area contributed by atoms with Crippen LogP contribution in [-0.2, 0) is 6.42 Å². The maximum absolute atomic E-state index is 12.5. The van der Waals surface area contributed by atoms with Crippen molar-refractivity contribution < 1.29 is 13.2 Å². The summed E-state index contributed by atoms with van der Waals surface area (Å²) in [6.45, 7) is 1.87. The molecule has 17 heavy (non-hydrogen) atoms. The zero-order valence-electron chi connectivity index (χ0n) is 8.91. The fourth-order valence-electron chi connectivity index (χ4n) is 0.955. The van der Waals surface area contributed by atoms with Gasteiger partial charge in [0.1, 0.15) is 17.6 Å². The van der Waals surface area contributed by atoms with Gasteiger partial charge in [0, 0.05) is 12.2 Å². The number of hydrogen-bond donors (Lipinski definition) is 2. The summed E-state index contributed by atoms with van der Waals surface area (Å²) >= 11 is 1.99. The molecule has 1 rings (SSSR count). The maximum atomic E-state index is 12.5. The lowest BCUT2D eigenvalue weighted by molar-refractivity contribution is -0.149. The van der Waals surface area contributed by atoms with Gasteiger partial charge < -0.3 is 5.73 Å². The van der Waals surface area contributed by atoms with Crippen LogP contribution in [0.15, 0.2) is 4.34 Å². The van der Waals surface area contributed by atoms with E-state index >= 15 is 0 Å². The predicted octanol–water partition coefficient (Wildman–Crippen LogP) is 2.31. The summed E-state index contributed by atoms with van der Waals surface area (Å²) in [5.41, 5.74) is 4.94. The monoisotopic (exact) mass is 284 g/mol. The van der Waals surface area contributed by atoms with E-state index in [0.717, 1.165) is 23.3 Å². The van der Waals surface area contributed by atoms with Gasteiger partial charge >= 0.3 is 6.18 Å². The van der Waals surface area contributed by atoms with E-state index in [4.69, 9.17) is 11.1 Å². The lowest BCUT2D eigenvalue weighted by Gasteiger charge is -2.17. The third-order valence-electron chi connectivity index (χ3n) is 1.91. The van der Waals surface area contributed by atoms with Gasteiger partial charge in [0.05, 0.1) is 0 Å². The van der Waals surface area contributed by atoms with Crippen LogP contribution in [0, 0.1) is 11.3 Å². The van der Waals surface area contributed by atoms with Gasteiger partial charge in [-0.2, -0.15) is 17.5 Å². The van der Waals surface area contributed by atoms with Crippen LogP contribution in [0.5, 0.6) is 0 Å². The molecule has 1 aromatic rings. The van der Waals surface area contributed by atoms with Crippen LogP contribution in [0.25, 0.3) is 0 Å². The van der Waals surface area contributed by atoms with E-state index in [1.807, 2.05) is 6.92 Å². The number of aromatic nitrogens is 2. The Morgan fingerprint density at radius 1 is 1.59 bits per heavy atom. The van der Waals surface area contributed by atoms with E-state index < -0.39 is 17.9 Å². The largest absolute Gasteiger partial charge is 0.399 e. The zero-order valence-corrected chi connectivity index (χ0v) is 10.5. The number of hydrogen-bond acceptors (Lipinski definition) is 5. The van der Waals surface area contributed by atoms with Gasteiger partial charge in [-0.25, -0.2) is 4.98 Å². The van der Waals surface area contributed by atoms with Crippen LogP contribution >= 0.6 is 23.3 Å². The number of rotatable bonds is 5. The van der Waals surface area contributed by atoms with E-state index in [-0.39, 0.29) is 5.75 Å². The number of aryl methyl sites for hydroxylation is 1. The summed E-state index contributed by atoms with van der Waals surface area (Å²) in [5, 5.41) is 6.93. The van der Waals surface area contributed by atoms with Gasteiger partial charge in [-0.05, 0) is 11.5 Å². The van der Waals surface area contributed by atoms with Gasteiger partial charge in [0.2, 0.25) is 0 Å². The topological polar surface area (TPSA) is 75.7 Å². The Balaban J connectivity index is 2.61. The molecule has 0 radical (unpaired) electrons. The van der Waals surface area contributed by atoms with E-state index in [0.29, 0.717) is 16.6 Å². The van der Waals surface area contributed by atoms with E-state index in [2.05, 4.69) is 9.36 Å². The molecule has 9 heteroatoms. The normalized spacial score (nSPS) is 13.6. The first kappa shape index (κ1) is 14.2. The van der Waals surface area contributed by atoms with Crippen molar-refractivity contribution in [3.63, 3.8) is 0 Å². The molecule has 96 valence electrons.